The first-order valence-electron chi connectivity index (χ1n) is 4.38. The summed E-state index contributed by atoms with van der Waals surface area (Å²) in [5.41, 5.74) is 2.03. The Bertz CT molecular complexity index is 461. The molecular weight excluding hydrogens is 164 g/mol. The smallest absolute Gasteiger partial charge is 0.177 e. The Morgan fingerprint density at radius 2 is 2.54 bits per heavy atom. The molecule has 1 aromatic heterocycles. The van der Waals surface area contributed by atoms with Crippen LogP contribution in [0.25, 0.3) is 11.0 Å². The number of ether oxygens (including phenoxy) is 1. The number of benzene rings is 1. The molecule has 3 nitrogen and oxygen atoms in total. The predicted octanol–water partition coefficient (Wildman–Crippen LogP) is 1.62. The summed E-state index contributed by atoms with van der Waals surface area (Å²) in [5.74, 6) is 0.921. The van der Waals surface area contributed by atoms with E-state index in [-0.39, 0.29) is 6.10 Å². The van der Waals surface area contributed by atoms with Gasteiger partial charge in [-0.1, -0.05) is 6.07 Å². The average molecular weight is 173 g/mol. The van der Waals surface area contributed by atoms with Gasteiger partial charge in [-0.2, -0.15) is 0 Å². The van der Waals surface area contributed by atoms with Gasteiger partial charge in [0.05, 0.1) is 12.1 Å². The fraction of sp³-hybridized carbons (Fsp3) is 0.300. The molecule has 3 rings (SSSR count). The molecule has 1 aromatic carbocycles. The van der Waals surface area contributed by atoms with E-state index in [4.69, 9.17) is 4.74 Å². The van der Waals surface area contributed by atoms with Crippen LogP contribution in [0.4, 0.5) is 0 Å². The summed E-state index contributed by atoms with van der Waals surface area (Å²) in [4.78, 5) is 4.18. The first-order chi connectivity index (χ1) is 6.34. The van der Waals surface area contributed by atoms with E-state index >= 15 is 0 Å². The van der Waals surface area contributed by atoms with Crippen LogP contribution in [0.15, 0.2) is 18.2 Å². The SMILES string of the molecule is CC1Cn2[c]nc3cccc(c32)O1. The van der Waals surface area contributed by atoms with E-state index < -0.39 is 0 Å². The summed E-state index contributed by atoms with van der Waals surface area (Å²) in [5, 5.41) is 0. The highest BCUT2D eigenvalue weighted by molar-refractivity contribution is 5.82. The standard InChI is InChI=1S/C10H9N2O/c1-7-5-12-6-11-8-3-2-4-9(13-7)10(8)12/h2-4,7H,5H2,1H3. The maximum Gasteiger partial charge on any atom is 0.177 e. The maximum atomic E-state index is 5.68. The van der Waals surface area contributed by atoms with E-state index in [1.54, 1.807) is 0 Å². The highest BCUT2D eigenvalue weighted by atomic mass is 16.5. The van der Waals surface area contributed by atoms with Crippen LogP contribution in [-0.4, -0.2) is 15.7 Å². The molecule has 0 saturated heterocycles. The maximum absolute atomic E-state index is 5.68. The number of nitrogens with zero attached hydrogens (tertiary/aromatic N) is 2. The lowest BCUT2D eigenvalue weighted by molar-refractivity contribution is 0.189. The molecule has 1 aliphatic heterocycles. The Morgan fingerprint density at radius 1 is 1.62 bits per heavy atom. The van der Waals surface area contributed by atoms with Crippen molar-refractivity contribution in [2.45, 2.75) is 19.6 Å². The lowest BCUT2D eigenvalue weighted by atomic mass is 10.2. The number of para-hydroxylation sites is 1. The molecule has 0 spiro atoms. The molecule has 0 fully saturated rings. The van der Waals surface area contributed by atoms with Gasteiger partial charge in [0.1, 0.15) is 17.4 Å². The zero-order chi connectivity index (χ0) is 8.84. The first kappa shape index (κ1) is 6.95. The Balaban J connectivity index is 2.38. The van der Waals surface area contributed by atoms with Crippen LogP contribution in [0.5, 0.6) is 5.75 Å². The normalized spacial score (nSPS) is 20.2. The topological polar surface area (TPSA) is 27.1 Å². The van der Waals surface area contributed by atoms with Crippen molar-refractivity contribution >= 4 is 11.0 Å². The summed E-state index contributed by atoms with van der Waals surface area (Å²) >= 11 is 0. The summed E-state index contributed by atoms with van der Waals surface area (Å²) in [6.45, 7) is 2.89. The third-order valence-corrected chi connectivity index (χ3v) is 2.31. The number of imidazole rings is 1. The lowest BCUT2D eigenvalue weighted by Gasteiger charge is -2.21. The van der Waals surface area contributed by atoms with Gasteiger partial charge in [-0.15, -0.1) is 0 Å². The fourth-order valence-corrected chi connectivity index (χ4v) is 1.77. The molecule has 13 heavy (non-hydrogen) atoms. The van der Waals surface area contributed by atoms with Gasteiger partial charge < -0.3 is 9.30 Å². The molecule has 3 heteroatoms. The fourth-order valence-electron chi connectivity index (χ4n) is 1.77. The number of aromatic nitrogens is 2. The second-order valence-corrected chi connectivity index (χ2v) is 3.37. The minimum atomic E-state index is 0.212. The number of hydrogen-bond acceptors (Lipinski definition) is 2. The van der Waals surface area contributed by atoms with Gasteiger partial charge in [0.25, 0.3) is 0 Å². The molecule has 2 heterocycles. The van der Waals surface area contributed by atoms with Crippen molar-refractivity contribution in [1.29, 1.82) is 0 Å². The summed E-state index contributed by atoms with van der Waals surface area (Å²) in [7, 11) is 0. The summed E-state index contributed by atoms with van der Waals surface area (Å²) in [6, 6.07) is 5.91. The van der Waals surface area contributed by atoms with E-state index in [9.17, 15) is 0 Å². The molecule has 1 unspecified atom stereocenters. The van der Waals surface area contributed by atoms with Crippen LogP contribution in [0, 0.1) is 6.33 Å². The molecule has 65 valence electrons. The van der Waals surface area contributed by atoms with Gasteiger partial charge in [0, 0.05) is 0 Å². The monoisotopic (exact) mass is 173 g/mol. The van der Waals surface area contributed by atoms with Crippen LogP contribution in [-0.2, 0) is 6.54 Å². The van der Waals surface area contributed by atoms with Crippen LogP contribution >= 0.6 is 0 Å². The highest BCUT2D eigenvalue weighted by Crippen LogP contribution is 2.29. The molecule has 0 N–H and O–H groups in total. The van der Waals surface area contributed by atoms with Gasteiger partial charge in [-0.3, -0.25) is 0 Å². The Kier molecular flexibility index (Phi) is 1.20. The molecule has 1 aliphatic rings. The van der Waals surface area contributed by atoms with Gasteiger partial charge in [-0.25, -0.2) is 4.98 Å². The van der Waals surface area contributed by atoms with Crippen LogP contribution < -0.4 is 4.74 Å². The molecule has 2 aromatic rings. The third-order valence-electron chi connectivity index (χ3n) is 2.31. The van der Waals surface area contributed by atoms with Crippen LogP contribution in [0.1, 0.15) is 6.92 Å². The number of rotatable bonds is 0. The van der Waals surface area contributed by atoms with E-state index in [0.29, 0.717) is 0 Å². The molecule has 0 aliphatic carbocycles. The quantitative estimate of drug-likeness (QED) is 0.605. The minimum absolute atomic E-state index is 0.212. The minimum Gasteiger partial charge on any atom is -0.487 e. The van der Waals surface area contributed by atoms with Gasteiger partial charge >= 0.3 is 0 Å². The van der Waals surface area contributed by atoms with E-state index in [2.05, 4.69) is 18.2 Å². The lowest BCUT2D eigenvalue weighted by Crippen LogP contribution is -2.23. The van der Waals surface area contributed by atoms with Gasteiger partial charge in [0.15, 0.2) is 6.33 Å². The Hall–Kier alpha value is -1.51. The van der Waals surface area contributed by atoms with Gasteiger partial charge in [-0.05, 0) is 19.1 Å². The van der Waals surface area contributed by atoms with Crippen LogP contribution in [0.3, 0.4) is 0 Å². The van der Waals surface area contributed by atoms with Crippen LogP contribution in [0.2, 0.25) is 0 Å². The van der Waals surface area contributed by atoms with Crippen molar-refractivity contribution in [3.8, 4) is 5.75 Å². The molecule has 1 atom stereocenters. The zero-order valence-corrected chi connectivity index (χ0v) is 7.32. The van der Waals surface area contributed by atoms with E-state index in [0.717, 1.165) is 23.3 Å². The average Bonchev–Trinajstić information content (AvgIpc) is 2.50. The van der Waals surface area contributed by atoms with Crippen molar-refractivity contribution in [3.63, 3.8) is 0 Å². The largest absolute Gasteiger partial charge is 0.487 e. The molecule has 0 bridgehead atoms. The van der Waals surface area contributed by atoms with Crippen molar-refractivity contribution in [3.05, 3.63) is 24.5 Å². The molecular formula is C10H9N2O. The molecule has 0 amide bonds. The Morgan fingerprint density at radius 3 is 3.46 bits per heavy atom. The first-order valence-corrected chi connectivity index (χ1v) is 4.38. The third kappa shape index (κ3) is 0.869. The summed E-state index contributed by atoms with van der Waals surface area (Å²) in [6.07, 6.45) is 3.18. The molecule has 0 saturated carbocycles. The Labute approximate surface area is 76.0 Å². The van der Waals surface area contributed by atoms with Gasteiger partial charge in [0.2, 0.25) is 0 Å². The second kappa shape index (κ2) is 2.25. The summed E-state index contributed by atoms with van der Waals surface area (Å²) < 4.78 is 7.71. The van der Waals surface area contributed by atoms with Crippen molar-refractivity contribution in [2.24, 2.45) is 0 Å². The van der Waals surface area contributed by atoms with Crippen molar-refractivity contribution < 1.29 is 4.74 Å². The van der Waals surface area contributed by atoms with Crippen molar-refractivity contribution in [2.75, 3.05) is 0 Å². The molecule has 1 radical (unpaired) electrons. The van der Waals surface area contributed by atoms with E-state index in [1.165, 1.54) is 0 Å². The highest BCUT2D eigenvalue weighted by Gasteiger charge is 2.18. The second-order valence-electron chi connectivity index (χ2n) is 3.37. The van der Waals surface area contributed by atoms with Crippen molar-refractivity contribution in [1.82, 2.24) is 9.55 Å². The predicted molar refractivity (Wildman–Crippen MR) is 48.7 cm³/mol. The zero-order valence-electron chi connectivity index (χ0n) is 7.32. The number of hydrogen-bond donors (Lipinski definition) is 0. The van der Waals surface area contributed by atoms with E-state index in [1.807, 2.05) is 22.8 Å².